The second-order valence-electron chi connectivity index (χ2n) is 5.96. The van der Waals surface area contributed by atoms with E-state index >= 15 is 0 Å². The van der Waals surface area contributed by atoms with Crippen LogP contribution in [0.1, 0.15) is 12.5 Å². The molecular formula is C23H14N4O. The van der Waals surface area contributed by atoms with E-state index in [0.717, 1.165) is 0 Å². The van der Waals surface area contributed by atoms with Gasteiger partial charge in [0.25, 0.3) is 0 Å². The summed E-state index contributed by atoms with van der Waals surface area (Å²) in [7, 11) is 0. The minimum Gasteiger partial charge on any atom is -0.512 e. The van der Waals surface area contributed by atoms with Gasteiger partial charge in [0.05, 0.1) is 17.0 Å². The predicted octanol–water partition coefficient (Wildman–Crippen LogP) is 3.17. The lowest BCUT2D eigenvalue weighted by Crippen LogP contribution is -2.27. The molecule has 5 nitrogen and oxygen atoms in total. The smallest absolute Gasteiger partial charge is 0.156 e. The van der Waals surface area contributed by atoms with Crippen LogP contribution < -0.4 is 10.6 Å². The van der Waals surface area contributed by atoms with Crippen molar-refractivity contribution in [3.63, 3.8) is 0 Å². The van der Waals surface area contributed by atoms with Crippen molar-refractivity contribution in [3.8, 4) is 40.6 Å². The Morgan fingerprint density at radius 2 is 1.39 bits per heavy atom. The topological polar surface area (TPSA) is 104 Å². The van der Waals surface area contributed by atoms with Gasteiger partial charge in [-0.2, -0.15) is 15.8 Å². The van der Waals surface area contributed by atoms with Crippen molar-refractivity contribution in [3.05, 3.63) is 76.8 Å². The van der Waals surface area contributed by atoms with E-state index in [2.05, 4.69) is 11.1 Å². The zero-order valence-corrected chi connectivity index (χ0v) is 15.0. The third-order valence-corrected chi connectivity index (χ3v) is 4.24. The zero-order chi connectivity index (χ0) is 20.1. The van der Waals surface area contributed by atoms with Gasteiger partial charge in [-0.3, -0.25) is 0 Å². The lowest BCUT2D eigenvalue weighted by Gasteiger charge is -2.12. The molecule has 0 spiro atoms. The van der Waals surface area contributed by atoms with Gasteiger partial charge in [0, 0.05) is 16.3 Å². The summed E-state index contributed by atoms with van der Waals surface area (Å²) in [4.78, 5) is 4.48. The third-order valence-electron chi connectivity index (χ3n) is 4.24. The standard InChI is InChI=1S/C23H14N4O/c1-15(28)20-21(16-8-4-2-5-9-16)19(14-26)22(18(12-24)13-25)27-23(20)17-10-6-3-7-11-17/h2-11,28H,1H3/b20-15-. The summed E-state index contributed by atoms with van der Waals surface area (Å²) < 4.78 is 0. The number of nitriles is 3. The molecule has 0 bridgehead atoms. The normalized spacial score (nSPS) is 10.9. The van der Waals surface area contributed by atoms with E-state index in [1.807, 2.05) is 60.7 Å². The van der Waals surface area contributed by atoms with E-state index in [1.54, 1.807) is 12.1 Å². The molecule has 0 unspecified atom stereocenters. The first kappa shape index (κ1) is 18.4. The van der Waals surface area contributed by atoms with E-state index < -0.39 is 0 Å². The van der Waals surface area contributed by atoms with E-state index in [4.69, 9.17) is 0 Å². The maximum atomic E-state index is 10.5. The fourth-order valence-corrected chi connectivity index (χ4v) is 3.06. The number of rotatable bonds is 2. The number of aliphatic hydroxyl groups excluding tert-OH is 1. The van der Waals surface area contributed by atoms with E-state index in [0.29, 0.717) is 27.6 Å². The van der Waals surface area contributed by atoms with Gasteiger partial charge in [0.2, 0.25) is 0 Å². The highest BCUT2D eigenvalue weighted by molar-refractivity contribution is 5.82. The SMILES string of the molecule is C/C(O)=c1/c(-c2ccccc2)nc(=C(C#N)C#N)c(C#N)c1-c1ccccc1. The molecule has 2 aromatic carbocycles. The molecule has 0 aliphatic heterocycles. The van der Waals surface area contributed by atoms with E-state index in [9.17, 15) is 20.9 Å². The number of nitrogens with zero attached hydrogens (tertiary/aromatic N) is 4. The summed E-state index contributed by atoms with van der Waals surface area (Å²) in [6, 6.07) is 23.9. The monoisotopic (exact) mass is 362 g/mol. The van der Waals surface area contributed by atoms with Crippen LogP contribution in [0.2, 0.25) is 0 Å². The molecule has 0 aliphatic rings. The number of hydrogen-bond acceptors (Lipinski definition) is 5. The largest absolute Gasteiger partial charge is 0.512 e. The zero-order valence-electron chi connectivity index (χ0n) is 15.0. The van der Waals surface area contributed by atoms with Crippen LogP contribution >= 0.6 is 0 Å². The molecule has 0 radical (unpaired) electrons. The van der Waals surface area contributed by atoms with Crippen molar-refractivity contribution < 1.29 is 5.11 Å². The van der Waals surface area contributed by atoms with Crippen molar-refractivity contribution in [2.75, 3.05) is 0 Å². The first-order valence-electron chi connectivity index (χ1n) is 8.41. The molecule has 0 amide bonds. The van der Waals surface area contributed by atoms with Crippen molar-refractivity contribution >= 4 is 11.3 Å². The maximum absolute atomic E-state index is 10.5. The molecule has 3 aromatic rings. The summed E-state index contributed by atoms with van der Waals surface area (Å²) in [5.74, 6) is -0.0104. The Bertz CT molecular complexity index is 1270. The van der Waals surface area contributed by atoms with Crippen LogP contribution in [-0.2, 0) is 0 Å². The maximum Gasteiger partial charge on any atom is 0.156 e. The van der Waals surface area contributed by atoms with E-state index in [1.165, 1.54) is 6.92 Å². The molecule has 5 heteroatoms. The van der Waals surface area contributed by atoms with Crippen LogP contribution in [0.5, 0.6) is 0 Å². The first-order valence-corrected chi connectivity index (χ1v) is 8.41. The van der Waals surface area contributed by atoms with Gasteiger partial charge >= 0.3 is 0 Å². The Morgan fingerprint density at radius 3 is 1.86 bits per heavy atom. The summed E-state index contributed by atoms with van der Waals surface area (Å²) in [5, 5.41) is 39.5. The predicted molar refractivity (Wildman–Crippen MR) is 105 cm³/mol. The lowest BCUT2D eigenvalue weighted by molar-refractivity contribution is 0.499. The fourth-order valence-electron chi connectivity index (χ4n) is 3.06. The van der Waals surface area contributed by atoms with Crippen LogP contribution in [0, 0.1) is 34.0 Å². The molecular weight excluding hydrogens is 348 g/mol. The average molecular weight is 362 g/mol. The van der Waals surface area contributed by atoms with Gasteiger partial charge in [-0.05, 0) is 12.5 Å². The Morgan fingerprint density at radius 1 is 0.857 bits per heavy atom. The van der Waals surface area contributed by atoms with Gasteiger partial charge in [-0.1, -0.05) is 60.7 Å². The summed E-state index contributed by atoms with van der Waals surface area (Å²) in [6.45, 7) is 1.52. The highest BCUT2D eigenvalue weighted by atomic mass is 16.3. The molecule has 0 aliphatic carbocycles. The van der Waals surface area contributed by atoms with Gasteiger partial charge in [0.1, 0.15) is 23.6 Å². The third kappa shape index (κ3) is 3.19. The Balaban J connectivity index is 2.70. The number of pyridine rings is 1. The number of aliphatic hydroxyl groups is 1. The highest BCUT2D eigenvalue weighted by Gasteiger charge is 2.19. The number of benzene rings is 2. The van der Waals surface area contributed by atoms with Crippen molar-refractivity contribution in [1.82, 2.24) is 4.98 Å². The molecule has 0 atom stereocenters. The van der Waals surface area contributed by atoms with Crippen molar-refractivity contribution in [1.29, 1.82) is 15.8 Å². The minimum absolute atomic E-state index is 0.00945. The molecule has 28 heavy (non-hydrogen) atoms. The Kier molecular flexibility index (Phi) is 5.17. The van der Waals surface area contributed by atoms with Crippen LogP contribution in [0.25, 0.3) is 33.7 Å². The molecule has 1 heterocycles. The van der Waals surface area contributed by atoms with Gasteiger partial charge in [0.15, 0.2) is 5.57 Å². The quantitative estimate of drug-likeness (QED) is 0.754. The Labute approximate surface area is 162 Å². The van der Waals surface area contributed by atoms with Crippen LogP contribution in [0.3, 0.4) is 0 Å². The Hall–Kier alpha value is -4.40. The number of aromatic nitrogens is 1. The highest BCUT2D eigenvalue weighted by Crippen LogP contribution is 2.22. The van der Waals surface area contributed by atoms with Gasteiger partial charge < -0.3 is 5.11 Å². The molecule has 1 N–H and O–H groups in total. The summed E-state index contributed by atoms with van der Waals surface area (Å²) >= 11 is 0. The number of hydrogen-bond donors (Lipinski definition) is 1. The summed E-state index contributed by atoms with van der Waals surface area (Å²) in [6.07, 6.45) is 0. The molecule has 0 fully saturated rings. The average Bonchev–Trinajstić information content (AvgIpc) is 2.74. The first-order chi connectivity index (χ1) is 13.6. The lowest BCUT2D eigenvalue weighted by atomic mass is 9.94. The van der Waals surface area contributed by atoms with Crippen molar-refractivity contribution in [2.45, 2.75) is 6.92 Å². The molecule has 0 saturated carbocycles. The molecule has 132 valence electrons. The minimum atomic E-state index is -0.256. The second-order valence-corrected chi connectivity index (χ2v) is 5.96. The molecule has 0 saturated heterocycles. The molecule has 3 rings (SSSR count). The second kappa shape index (κ2) is 7.87. The van der Waals surface area contributed by atoms with Crippen LogP contribution in [-0.4, -0.2) is 10.1 Å². The fraction of sp³-hybridized carbons (Fsp3) is 0.0435. The van der Waals surface area contributed by atoms with E-state index in [-0.39, 0.29) is 22.2 Å². The van der Waals surface area contributed by atoms with Crippen molar-refractivity contribution in [2.24, 2.45) is 0 Å². The van der Waals surface area contributed by atoms with Gasteiger partial charge in [-0.25, -0.2) is 4.98 Å². The molecule has 1 aromatic heterocycles. The summed E-state index contributed by atoms with van der Waals surface area (Å²) in [5.41, 5.74) is 2.04. The van der Waals surface area contributed by atoms with Crippen LogP contribution in [0.4, 0.5) is 0 Å². The van der Waals surface area contributed by atoms with Crippen LogP contribution in [0.15, 0.2) is 60.7 Å². The van der Waals surface area contributed by atoms with Gasteiger partial charge in [-0.15, -0.1) is 0 Å².